The van der Waals surface area contributed by atoms with Gasteiger partial charge in [-0.3, -0.25) is 0 Å². The molecule has 0 saturated heterocycles. The van der Waals surface area contributed by atoms with Crippen molar-refractivity contribution in [3.63, 3.8) is 0 Å². The van der Waals surface area contributed by atoms with Gasteiger partial charge in [0.05, 0.1) is 12.7 Å². The summed E-state index contributed by atoms with van der Waals surface area (Å²) in [6, 6.07) is 32.1. The van der Waals surface area contributed by atoms with Crippen LogP contribution >= 0.6 is 11.3 Å². The van der Waals surface area contributed by atoms with E-state index in [1.54, 1.807) is 30.6 Å². The number of halogens is 3. The monoisotopic (exact) mass is 542 g/mol. The molecule has 1 aromatic heterocycles. The van der Waals surface area contributed by atoms with Crippen LogP contribution in [-0.2, 0) is 11.6 Å². The number of methoxy groups -OCH3 is 1. The summed E-state index contributed by atoms with van der Waals surface area (Å²) in [5.74, 6) is 0.759. The minimum absolute atomic E-state index is 0.0212. The fraction of sp³-hybridized carbons (Fsp3) is 0.176. The summed E-state index contributed by atoms with van der Waals surface area (Å²) >= 11 is 1.61. The Kier molecular flexibility index (Phi) is 7.13. The Morgan fingerprint density at radius 1 is 0.538 bits per heavy atom. The van der Waals surface area contributed by atoms with Gasteiger partial charge >= 0.3 is 6.18 Å². The van der Waals surface area contributed by atoms with Crippen molar-refractivity contribution in [2.45, 2.75) is 32.4 Å². The number of rotatable bonds is 5. The predicted octanol–water partition coefficient (Wildman–Crippen LogP) is 10.7. The highest BCUT2D eigenvalue weighted by molar-refractivity contribution is 7.20. The smallest absolute Gasteiger partial charge is 0.416 e. The zero-order chi connectivity index (χ0) is 27.8. The van der Waals surface area contributed by atoms with Crippen molar-refractivity contribution in [3.05, 3.63) is 114 Å². The second kappa shape index (κ2) is 10.4. The Labute approximate surface area is 231 Å². The highest BCUT2D eigenvalue weighted by atomic mass is 32.1. The second-order valence-corrected chi connectivity index (χ2v) is 11.5. The summed E-state index contributed by atoms with van der Waals surface area (Å²) in [6.45, 7) is 6.56. The highest BCUT2D eigenvalue weighted by Crippen LogP contribution is 2.52. The third kappa shape index (κ3) is 5.50. The average molecular weight is 543 g/mol. The number of thiophene rings is 1. The lowest BCUT2D eigenvalue weighted by atomic mass is 9.86. The molecule has 4 aromatic carbocycles. The van der Waals surface area contributed by atoms with Gasteiger partial charge in [0.15, 0.2) is 0 Å². The molecule has 1 nitrogen and oxygen atoms in total. The minimum Gasteiger partial charge on any atom is -0.497 e. The summed E-state index contributed by atoms with van der Waals surface area (Å²) in [7, 11) is 1.64. The van der Waals surface area contributed by atoms with Gasteiger partial charge in [-0.2, -0.15) is 13.2 Å². The maximum atomic E-state index is 13.3. The molecule has 0 saturated carbocycles. The molecule has 0 N–H and O–H groups in total. The molecule has 0 aliphatic heterocycles. The Morgan fingerprint density at radius 3 is 1.41 bits per heavy atom. The third-order valence-electron chi connectivity index (χ3n) is 6.84. The molecule has 0 radical (unpaired) electrons. The lowest BCUT2D eigenvalue weighted by Crippen LogP contribution is -2.10. The molecule has 0 aliphatic carbocycles. The van der Waals surface area contributed by atoms with E-state index < -0.39 is 11.7 Å². The van der Waals surface area contributed by atoms with Gasteiger partial charge in [-0.15, -0.1) is 11.3 Å². The van der Waals surface area contributed by atoms with Crippen LogP contribution in [0, 0.1) is 0 Å². The Balaban J connectivity index is 1.79. The Bertz CT molecular complexity index is 1560. The Morgan fingerprint density at radius 2 is 0.974 bits per heavy atom. The summed E-state index contributed by atoms with van der Waals surface area (Å²) in [5, 5.41) is 0. The molecule has 0 spiro atoms. The molecule has 198 valence electrons. The van der Waals surface area contributed by atoms with Crippen LogP contribution in [0.2, 0.25) is 0 Å². The lowest BCUT2D eigenvalue weighted by Gasteiger charge is -2.19. The van der Waals surface area contributed by atoms with E-state index in [-0.39, 0.29) is 5.41 Å². The van der Waals surface area contributed by atoms with Gasteiger partial charge in [0, 0.05) is 20.9 Å². The second-order valence-electron chi connectivity index (χ2n) is 10.5. The number of alkyl halides is 3. The molecular weight excluding hydrogens is 513 g/mol. The van der Waals surface area contributed by atoms with Gasteiger partial charge in [0.2, 0.25) is 0 Å². The summed E-state index contributed by atoms with van der Waals surface area (Å²) in [5.41, 5.74) is 6.48. The van der Waals surface area contributed by atoms with Crippen LogP contribution in [0.15, 0.2) is 103 Å². The number of hydrogen-bond donors (Lipinski definition) is 0. The third-order valence-corrected chi connectivity index (χ3v) is 8.12. The molecule has 0 amide bonds. The molecule has 1 heterocycles. The fourth-order valence-corrected chi connectivity index (χ4v) is 6.04. The van der Waals surface area contributed by atoms with Gasteiger partial charge in [-0.1, -0.05) is 99.6 Å². The topological polar surface area (TPSA) is 9.23 Å². The minimum atomic E-state index is -4.38. The van der Waals surface area contributed by atoms with E-state index in [0.29, 0.717) is 0 Å². The van der Waals surface area contributed by atoms with Crippen LogP contribution in [0.25, 0.3) is 43.1 Å². The maximum absolute atomic E-state index is 13.3. The molecule has 0 aliphatic rings. The van der Waals surface area contributed by atoms with E-state index in [1.165, 1.54) is 5.56 Å². The summed E-state index contributed by atoms with van der Waals surface area (Å²) in [4.78, 5) is 1.99. The number of hydrogen-bond acceptors (Lipinski definition) is 2. The zero-order valence-corrected chi connectivity index (χ0v) is 23.1. The van der Waals surface area contributed by atoms with Gasteiger partial charge < -0.3 is 4.74 Å². The van der Waals surface area contributed by atoms with Crippen molar-refractivity contribution in [1.29, 1.82) is 0 Å². The first-order valence-electron chi connectivity index (χ1n) is 12.7. The van der Waals surface area contributed by atoms with Crippen molar-refractivity contribution < 1.29 is 17.9 Å². The summed E-state index contributed by atoms with van der Waals surface area (Å²) < 4.78 is 45.4. The van der Waals surface area contributed by atoms with Crippen molar-refractivity contribution in [2.24, 2.45) is 0 Å². The van der Waals surface area contributed by atoms with Crippen LogP contribution in [0.5, 0.6) is 5.75 Å². The SMILES string of the molecule is COc1ccc(-c2c(-c3ccc(C(C)(C)C)cc3)sc(-c3ccc(C(F)(F)F)cc3)c2-c2ccccc2)cc1. The predicted molar refractivity (Wildman–Crippen MR) is 156 cm³/mol. The van der Waals surface area contributed by atoms with Crippen LogP contribution in [0.4, 0.5) is 13.2 Å². The van der Waals surface area contributed by atoms with Crippen molar-refractivity contribution in [3.8, 4) is 48.9 Å². The van der Waals surface area contributed by atoms with Crippen LogP contribution in [0.1, 0.15) is 31.9 Å². The largest absolute Gasteiger partial charge is 0.497 e. The standard InChI is InChI=1S/C34H29F3OS/c1-33(2,3)26-16-10-24(11-17-26)32-30(23-14-20-28(38-4)21-15-23)29(22-8-6-5-7-9-22)31(39-32)25-12-18-27(19-13-25)34(35,36)37/h5-21H,1-4H3. The molecule has 5 heteroatoms. The van der Waals surface area contributed by atoms with E-state index >= 15 is 0 Å². The van der Waals surface area contributed by atoms with Crippen molar-refractivity contribution >= 4 is 11.3 Å². The van der Waals surface area contributed by atoms with Gasteiger partial charge in [-0.05, 0) is 57.5 Å². The van der Waals surface area contributed by atoms with Gasteiger partial charge in [-0.25, -0.2) is 0 Å². The van der Waals surface area contributed by atoms with E-state index in [9.17, 15) is 13.2 Å². The van der Waals surface area contributed by atoms with Crippen LogP contribution in [0.3, 0.4) is 0 Å². The quantitative estimate of drug-likeness (QED) is 0.215. The molecule has 39 heavy (non-hydrogen) atoms. The first-order chi connectivity index (χ1) is 18.6. The van der Waals surface area contributed by atoms with E-state index in [4.69, 9.17) is 4.74 Å². The number of ether oxygens (including phenoxy) is 1. The average Bonchev–Trinajstić information content (AvgIpc) is 3.33. The number of benzene rings is 4. The first kappa shape index (κ1) is 26.8. The molecule has 0 atom stereocenters. The summed E-state index contributed by atoms with van der Waals surface area (Å²) in [6.07, 6.45) is -4.38. The molecular formula is C34H29F3OS. The van der Waals surface area contributed by atoms with Crippen LogP contribution < -0.4 is 4.74 Å². The van der Waals surface area contributed by atoms with E-state index in [0.717, 1.165) is 61.0 Å². The maximum Gasteiger partial charge on any atom is 0.416 e. The highest BCUT2D eigenvalue weighted by Gasteiger charge is 2.30. The lowest BCUT2D eigenvalue weighted by molar-refractivity contribution is -0.137. The van der Waals surface area contributed by atoms with E-state index in [2.05, 4.69) is 57.2 Å². The van der Waals surface area contributed by atoms with Crippen LogP contribution in [-0.4, -0.2) is 7.11 Å². The normalized spacial score (nSPS) is 12.0. The molecule has 0 fully saturated rings. The van der Waals surface area contributed by atoms with Gasteiger partial charge in [0.25, 0.3) is 0 Å². The zero-order valence-electron chi connectivity index (χ0n) is 22.3. The van der Waals surface area contributed by atoms with E-state index in [1.807, 2.05) is 42.5 Å². The Hall–Kier alpha value is -3.83. The van der Waals surface area contributed by atoms with Crippen molar-refractivity contribution in [1.82, 2.24) is 0 Å². The van der Waals surface area contributed by atoms with Gasteiger partial charge in [0.1, 0.15) is 5.75 Å². The molecule has 5 aromatic rings. The molecule has 5 rings (SSSR count). The first-order valence-corrected chi connectivity index (χ1v) is 13.5. The fourth-order valence-electron chi connectivity index (χ4n) is 4.68. The molecule has 0 bridgehead atoms. The molecule has 0 unspecified atom stereocenters. The van der Waals surface area contributed by atoms with Crippen molar-refractivity contribution in [2.75, 3.05) is 7.11 Å².